The van der Waals surface area contributed by atoms with Gasteiger partial charge < -0.3 is 0 Å². The minimum Gasteiger partial charge on any atom is -0.207 e. The van der Waals surface area contributed by atoms with Crippen LogP contribution in [0.3, 0.4) is 0 Å². The lowest BCUT2D eigenvalue weighted by Gasteiger charge is -2.16. The topological polar surface area (TPSA) is 46.2 Å². The van der Waals surface area contributed by atoms with E-state index in [2.05, 4.69) is 4.72 Å². The fraction of sp³-hybridized carbons (Fsp3) is 0.250. The van der Waals surface area contributed by atoms with Gasteiger partial charge in [-0.1, -0.05) is 23.8 Å². The van der Waals surface area contributed by atoms with Crippen LogP contribution in [0, 0.1) is 25.5 Å². The minimum atomic E-state index is -3.79. The fourth-order valence-corrected chi connectivity index (χ4v) is 3.76. The lowest BCUT2D eigenvalue weighted by Crippen LogP contribution is -2.28. The predicted octanol–water partition coefficient (Wildman–Crippen LogP) is 3.62. The third kappa shape index (κ3) is 3.51. The van der Waals surface area contributed by atoms with Crippen molar-refractivity contribution in [1.29, 1.82) is 0 Å². The van der Waals surface area contributed by atoms with E-state index in [-0.39, 0.29) is 10.5 Å². The number of nitrogens with one attached hydrogen (secondary N) is 1. The van der Waals surface area contributed by atoms with Crippen molar-refractivity contribution in [2.24, 2.45) is 0 Å². The molecule has 0 spiro atoms. The smallest absolute Gasteiger partial charge is 0.207 e. The van der Waals surface area contributed by atoms with E-state index in [1.54, 1.807) is 19.1 Å². The first-order valence-electron chi connectivity index (χ1n) is 6.75. The van der Waals surface area contributed by atoms with E-state index in [1.165, 1.54) is 19.1 Å². The van der Waals surface area contributed by atoms with Gasteiger partial charge in [-0.25, -0.2) is 21.9 Å². The number of hydrogen-bond donors (Lipinski definition) is 1. The molecule has 22 heavy (non-hydrogen) atoms. The Bertz CT molecular complexity index is 804. The van der Waals surface area contributed by atoms with E-state index in [4.69, 9.17) is 0 Å². The molecule has 6 heteroatoms. The summed E-state index contributed by atoms with van der Waals surface area (Å²) in [6, 6.07) is 7.23. The van der Waals surface area contributed by atoms with E-state index in [0.29, 0.717) is 5.56 Å². The van der Waals surface area contributed by atoms with Crippen LogP contribution in [0.1, 0.15) is 29.7 Å². The highest BCUT2D eigenvalue weighted by molar-refractivity contribution is 7.89. The summed E-state index contributed by atoms with van der Waals surface area (Å²) in [6.45, 7) is 5.08. The summed E-state index contributed by atoms with van der Waals surface area (Å²) in [6.07, 6.45) is 0. The molecule has 2 aromatic rings. The molecule has 2 aromatic carbocycles. The van der Waals surface area contributed by atoms with E-state index < -0.39 is 27.7 Å². The summed E-state index contributed by atoms with van der Waals surface area (Å²) in [7, 11) is -3.79. The average Bonchev–Trinajstić information content (AvgIpc) is 2.37. The summed E-state index contributed by atoms with van der Waals surface area (Å²) >= 11 is 0. The normalized spacial score (nSPS) is 13.1. The van der Waals surface area contributed by atoms with Crippen molar-refractivity contribution in [1.82, 2.24) is 4.72 Å². The Kier molecular flexibility index (Phi) is 4.63. The SMILES string of the molecule is Cc1ccc(S(=O)(=O)N[C@@H](C)c2ccc(F)cc2F)c(C)c1. The van der Waals surface area contributed by atoms with Gasteiger partial charge >= 0.3 is 0 Å². The number of halogens is 2. The molecule has 0 amide bonds. The van der Waals surface area contributed by atoms with Gasteiger partial charge in [0.2, 0.25) is 10.0 Å². The lowest BCUT2D eigenvalue weighted by molar-refractivity contribution is 0.539. The maximum absolute atomic E-state index is 13.7. The molecule has 0 saturated heterocycles. The highest BCUT2D eigenvalue weighted by Gasteiger charge is 2.22. The highest BCUT2D eigenvalue weighted by Crippen LogP contribution is 2.22. The van der Waals surface area contributed by atoms with E-state index >= 15 is 0 Å². The quantitative estimate of drug-likeness (QED) is 0.933. The largest absolute Gasteiger partial charge is 0.241 e. The van der Waals surface area contributed by atoms with Gasteiger partial charge in [-0.15, -0.1) is 0 Å². The molecule has 0 bridgehead atoms. The predicted molar refractivity (Wildman–Crippen MR) is 81.0 cm³/mol. The van der Waals surface area contributed by atoms with E-state index in [9.17, 15) is 17.2 Å². The van der Waals surface area contributed by atoms with Crippen LogP contribution < -0.4 is 4.72 Å². The maximum atomic E-state index is 13.7. The number of sulfonamides is 1. The summed E-state index contributed by atoms with van der Waals surface area (Å²) in [5, 5.41) is 0. The molecule has 0 radical (unpaired) electrons. The molecule has 1 N–H and O–H groups in total. The van der Waals surface area contributed by atoms with Crippen LogP contribution in [0.25, 0.3) is 0 Å². The van der Waals surface area contributed by atoms with E-state index in [0.717, 1.165) is 17.7 Å². The standard InChI is InChI=1S/C16H17F2NO2S/c1-10-4-7-16(11(2)8-10)22(20,21)19-12(3)14-6-5-13(17)9-15(14)18/h4-9,12,19H,1-3H3/t12-/m0/s1. The molecule has 0 unspecified atom stereocenters. The van der Waals surface area contributed by atoms with Crippen molar-refractivity contribution in [3.63, 3.8) is 0 Å². The first-order chi connectivity index (χ1) is 10.2. The van der Waals surface area contributed by atoms with Crippen molar-refractivity contribution >= 4 is 10.0 Å². The van der Waals surface area contributed by atoms with Gasteiger partial charge in [0.15, 0.2) is 0 Å². The van der Waals surface area contributed by atoms with Crippen LogP contribution in [0.2, 0.25) is 0 Å². The van der Waals surface area contributed by atoms with Gasteiger partial charge in [0.05, 0.1) is 4.90 Å². The molecule has 0 aliphatic heterocycles. The van der Waals surface area contributed by atoms with E-state index in [1.807, 2.05) is 6.92 Å². The zero-order chi connectivity index (χ0) is 16.5. The number of rotatable bonds is 4. The molecule has 1 atom stereocenters. The first-order valence-corrected chi connectivity index (χ1v) is 8.23. The molecule has 0 heterocycles. The molecular weight excluding hydrogens is 308 g/mol. The first kappa shape index (κ1) is 16.6. The van der Waals surface area contributed by atoms with Crippen molar-refractivity contribution in [2.45, 2.75) is 31.7 Å². The monoisotopic (exact) mass is 325 g/mol. The van der Waals surface area contributed by atoms with Crippen molar-refractivity contribution in [2.75, 3.05) is 0 Å². The lowest BCUT2D eigenvalue weighted by atomic mass is 10.1. The van der Waals surface area contributed by atoms with Gasteiger partial charge in [0.25, 0.3) is 0 Å². The van der Waals surface area contributed by atoms with Crippen LogP contribution in [-0.2, 0) is 10.0 Å². The van der Waals surface area contributed by atoms with Crippen molar-refractivity contribution in [3.05, 3.63) is 64.7 Å². The molecule has 0 saturated carbocycles. The van der Waals surface area contributed by atoms with Gasteiger partial charge in [0, 0.05) is 17.7 Å². The van der Waals surface area contributed by atoms with Crippen molar-refractivity contribution < 1.29 is 17.2 Å². The molecule has 0 aromatic heterocycles. The van der Waals surface area contributed by atoms with Gasteiger partial charge in [-0.2, -0.15) is 0 Å². The summed E-state index contributed by atoms with van der Waals surface area (Å²) in [5.41, 5.74) is 1.66. The van der Waals surface area contributed by atoms with Crippen LogP contribution >= 0.6 is 0 Å². The summed E-state index contributed by atoms with van der Waals surface area (Å²) in [4.78, 5) is 0.146. The summed E-state index contributed by atoms with van der Waals surface area (Å²) < 4.78 is 53.9. The molecule has 0 aliphatic carbocycles. The Balaban J connectivity index is 2.31. The minimum absolute atomic E-state index is 0.0924. The average molecular weight is 325 g/mol. The second-order valence-corrected chi connectivity index (χ2v) is 6.96. The molecule has 0 aliphatic rings. The van der Waals surface area contributed by atoms with Crippen LogP contribution in [0.5, 0.6) is 0 Å². The van der Waals surface area contributed by atoms with Gasteiger partial charge in [0.1, 0.15) is 11.6 Å². The Morgan fingerprint density at radius 1 is 1.05 bits per heavy atom. The third-order valence-electron chi connectivity index (χ3n) is 3.38. The Morgan fingerprint density at radius 3 is 2.32 bits per heavy atom. The third-order valence-corrected chi connectivity index (χ3v) is 5.08. The summed E-state index contributed by atoms with van der Waals surface area (Å²) in [5.74, 6) is -1.48. The highest BCUT2D eigenvalue weighted by atomic mass is 32.2. The van der Waals surface area contributed by atoms with Gasteiger partial charge in [-0.05, 0) is 38.5 Å². The second-order valence-electron chi connectivity index (χ2n) is 5.28. The Hall–Kier alpha value is -1.79. The van der Waals surface area contributed by atoms with Gasteiger partial charge in [-0.3, -0.25) is 0 Å². The van der Waals surface area contributed by atoms with Crippen LogP contribution in [0.15, 0.2) is 41.3 Å². The van der Waals surface area contributed by atoms with Crippen LogP contribution in [0.4, 0.5) is 8.78 Å². The zero-order valence-electron chi connectivity index (χ0n) is 12.5. The zero-order valence-corrected chi connectivity index (χ0v) is 13.3. The Labute approximate surface area is 129 Å². The number of aryl methyl sites for hydroxylation is 2. The Morgan fingerprint density at radius 2 is 1.73 bits per heavy atom. The molecular formula is C16H17F2NO2S. The second kappa shape index (κ2) is 6.14. The molecule has 2 rings (SSSR count). The van der Waals surface area contributed by atoms with Crippen molar-refractivity contribution in [3.8, 4) is 0 Å². The maximum Gasteiger partial charge on any atom is 0.241 e. The molecule has 0 fully saturated rings. The molecule has 3 nitrogen and oxygen atoms in total. The molecule has 118 valence electrons. The van der Waals surface area contributed by atoms with Crippen LogP contribution in [-0.4, -0.2) is 8.42 Å². The number of hydrogen-bond acceptors (Lipinski definition) is 2. The fourth-order valence-electron chi connectivity index (χ4n) is 2.31. The number of benzene rings is 2.